The Hall–Kier alpha value is -0.0600. The van der Waals surface area contributed by atoms with E-state index in [1.165, 1.54) is 5.56 Å². The van der Waals surface area contributed by atoms with Gasteiger partial charge in [0.2, 0.25) is 0 Å². The zero-order chi connectivity index (χ0) is 13.5. The summed E-state index contributed by atoms with van der Waals surface area (Å²) in [7, 11) is 0. The van der Waals surface area contributed by atoms with Crippen molar-refractivity contribution in [1.29, 1.82) is 0 Å². The van der Waals surface area contributed by atoms with Crippen LogP contribution in [-0.4, -0.2) is 12.6 Å². The lowest BCUT2D eigenvalue weighted by Crippen LogP contribution is -2.27. The summed E-state index contributed by atoms with van der Waals surface area (Å²) >= 11 is 7.08. The lowest BCUT2D eigenvalue weighted by atomic mass is 10.1. The average Bonchev–Trinajstić information content (AvgIpc) is 2.34. The highest BCUT2D eigenvalue weighted by atomic mass is 79.9. The Labute approximate surface area is 127 Å². The van der Waals surface area contributed by atoms with Gasteiger partial charge in [-0.05, 0) is 47.8 Å². The smallest absolute Gasteiger partial charge is 0.138 e. The van der Waals surface area contributed by atoms with Crippen molar-refractivity contribution in [3.05, 3.63) is 26.6 Å². The van der Waals surface area contributed by atoms with Crippen LogP contribution in [-0.2, 0) is 6.54 Å². The predicted octanol–water partition coefficient (Wildman–Crippen LogP) is 4.89. The molecule has 1 aromatic rings. The number of hydrogen-bond donors (Lipinski definition) is 1. The molecule has 0 amide bonds. The van der Waals surface area contributed by atoms with E-state index in [0.717, 1.165) is 34.1 Å². The van der Waals surface area contributed by atoms with E-state index in [2.05, 4.69) is 57.1 Å². The Morgan fingerprint density at radius 3 is 2.39 bits per heavy atom. The summed E-state index contributed by atoms with van der Waals surface area (Å²) in [5.74, 6) is 0.944. The van der Waals surface area contributed by atoms with Gasteiger partial charge in [-0.3, -0.25) is 0 Å². The summed E-state index contributed by atoms with van der Waals surface area (Å²) in [5.41, 5.74) is 1.19. The maximum Gasteiger partial charge on any atom is 0.138 e. The Morgan fingerprint density at radius 2 is 1.83 bits per heavy atom. The molecule has 0 aliphatic heterocycles. The van der Waals surface area contributed by atoms with Crippen LogP contribution in [0.2, 0.25) is 0 Å². The lowest BCUT2D eigenvalue weighted by molar-refractivity contribution is 0.332. The second-order valence-electron chi connectivity index (χ2n) is 4.20. The molecule has 0 unspecified atom stereocenters. The molecule has 0 radical (unpaired) electrons. The van der Waals surface area contributed by atoms with Crippen LogP contribution in [0.3, 0.4) is 0 Å². The first-order valence-electron chi connectivity index (χ1n) is 6.46. The fraction of sp³-hybridized carbons (Fsp3) is 0.571. The molecule has 0 aliphatic rings. The second kappa shape index (κ2) is 8.18. The molecular formula is C14H21Br2NO. The first-order valence-corrected chi connectivity index (χ1v) is 8.05. The van der Waals surface area contributed by atoms with E-state index in [1.807, 2.05) is 13.0 Å². The summed E-state index contributed by atoms with van der Waals surface area (Å²) in [5, 5.41) is 3.57. The number of benzene rings is 1. The van der Waals surface area contributed by atoms with Crippen molar-refractivity contribution in [1.82, 2.24) is 5.32 Å². The molecular weight excluding hydrogens is 358 g/mol. The van der Waals surface area contributed by atoms with Gasteiger partial charge < -0.3 is 10.1 Å². The lowest BCUT2D eigenvalue weighted by Gasteiger charge is -2.18. The molecule has 0 bridgehead atoms. The molecule has 1 rings (SSSR count). The minimum Gasteiger partial charge on any atom is -0.492 e. The molecule has 0 heterocycles. The maximum atomic E-state index is 5.71. The van der Waals surface area contributed by atoms with E-state index in [-0.39, 0.29) is 0 Å². The van der Waals surface area contributed by atoms with Gasteiger partial charge in [-0.15, -0.1) is 0 Å². The van der Waals surface area contributed by atoms with Crippen LogP contribution < -0.4 is 10.1 Å². The first kappa shape index (κ1) is 16.0. The van der Waals surface area contributed by atoms with Crippen LogP contribution >= 0.6 is 31.9 Å². The van der Waals surface area contributed by atoms with Crippen molar-refractivity contribution in [3.63, 3.8) is 0 Å². The van der Waals surface area contributed by atoms with Crippen molar-refractivity contribution in [2.75, 3.05) is 6.61 Å². The molecule has 102 valence electrons. The van der Waals surface area contributed by atoms with Crippen molar-refractivity contribution < 1.29 is 4.74 Å². The molecule has 2 nitrogen and oxygen atoms in total. The van der Waals surface area contributed by atoms with Crippen LogP contribution in [0.4, 0.5) is 0 Å². The molecule has 0 saturated carbocycles. The van der Waals surface area contributed by atoms with Crippen LogP contribution in [0.15, 0.2) is 21.1 Å². The van der Waals surface area contributed by atoms with E-state index in [4.69, 9.17) is 4.74 Å². The minimum atomic E-state index is 0.567. The molecule has 0 atom stereocenters. The highest BCUT2D eigenvalue weighted by molar-refractivity contribution is 9.11. The van der Waals surface area contributed by atoms with Crippen LogP contribution in [0.1, 0.15) is 39.2 Å². The SMILES string of the molecule is CCOc1c(Br)cc(Br)cc1CNC(CC)CC. The number of halogens is 2. The molecule has 1 N–H and O–H groups in total. The highest BCUT2D eigenvalue weighted by Gasteiger charge is 2.11. The third-order valence-electron chi connectivity index (χ3n) is 2.94. The Balaban J connectivity index is 2.85. The summed E-state index contributed by atoms with van der Waals surface area (Å²) in [6.45, 7) is 7.94. The Bertz CT molecular complexity index is 378. The van der Waals surface area contributed by atoms with E-state index in [0.29, 0.717) is 12.6 Å². The largest absolute Gasteiger partial charge is 0.492 e. The maximum absolute atomic E-state index is 5.71. The summed E-state index contributed by atoms with van der Waals surface area (Å²) in [4.78, 5) is 0. The van der Waals surface area contributed by atoms with Gasteiger partial charge >= 0.3 is 0 Å². The third-order valence-corrected chi connectivity index (χ3v) is 3.99. The van der Waals surface area contributed by atoms with E-state index in [9.17, 15) is 0 Å². The fourth-order valence-electron chi connectivity index (χ4n) is 1.88. The number of rotatable bonds is 7. The normalized spacial score (nSPS) is 11.0. The van der Waals surface area contributed by atoms with Gasteiger partial charge in [0.1, 0.15) is 5.75 Å². The van der Waals surface area contributed by atoms with E-state index in [1.54, 1.807) is 0 Å². The third kappa shape index (κ3) is 4.56. The summed E-state index contributed by atoms with van der Waals surface area (Å²) in [6, 6.07) is 4.70. The standard InChI is InChI=1S/C14H21Br2NO/c1-4-12(5-2)17-9-10-7-11(15)8-13(16)14(10)18-6-3/h7-8,12,17H,4-6,9H2,1-3H3. The highest BCUT2D eigenvalue weighted by Crippen LogP contribution is 2.33. The molecule has 18 heavy (non-hydrogen) atoms. The summed E-state index contributed by atoms with van der Waals surface area (Å²) < 4.78 is 7.78. The van der Waals surface area contributed by atoms with Crippen LogP contribution in [0.5, 0.6) is 5.75 Å². The van der Waals surface area contributed by atoms with Crippen molar-refractivity contribution in [3.8, 4) is 5.75 Å². The number of hydrogen-bond acceptors (Lipinski definition) is 2. The van der Waals surface area contributed by atoms with Gasteiger partial charge in [-0.1, -0.05) is 29.8 Å². The average molecular weight is 379 g/mol. The molecule has 0 fully saturated rings. The minimum absolute atomic E-state index is 0.567. The number of ether oxygens (including phenoxy) is 1. The molecule has 4 heteroatoms. The van der Waals surface area contributed by atoms with Gasteiger partial charge in [0.25, 0.3) is 0 Å². The monoisotopic (exact) mass is 377 g/mol. The molecule has 1 aromatic carbocycles. The zero-order valence-corrected chi connectivity index (χ0v) is 14.4. The quantitative estimate of drug-likeness (QED) is 0.729. The van der Waals surface area contributed by atoms with Crippen molar-refractivity contribution in [2.24, 2.45) is 0 Å². The van der Waals surface area contributed by atoms with Crippen molar-refractivity contribution in [2.45, 2.75) is 46.2 Å². The summed E-state index contributed by atoms with van der Waals surface area (Å²) in [6.07, 6.45) is 2.30. The zero-order valence-electron chi connectivity index (χ0n) is 11.2. The van der Waals surface area contributed by atoms with Gasteiger partial charge in [0.15, 0.2) is 0 Å². The molecule has 0 aliphatic carbocycles. The van der Waals surface area contributed by atoms with Crippen LogP contribution in [0.25, 0.3) is 0 Å². The Morgan fingerprint density at radius 1 is 1.17 bits per heavy atom. The Kier molecular flexibility index (Phi) is 7.27. The van der Waals surface area contributed by atoms with E-state index >= 15 is 0 Å². The van der Waals surface area contributed by atoms with Crippen LogP contribution in [0, 0.1) is 0 Å². The second-order valence-corrected chi connectivity index (χ2v) is 5.97. The van der Waals surface area contributed by atoms with Gasteiger partial charge in [0.05, 0.1) is 11.1 Å². The number of nitrogens with one attached hydrogen (secondary N) is 1. The van der Waals surface area contributed by atoms with Gasteiger partial charge in [-0.25, -0.2) is 0 Å². The molecule has 0 aromatic heterocycles. The predicted molar refractivity (Wildman–Crippen MR) is 84.2 cm³/mol. The van der Waals surface area contributed by atoms with Gasteiger partial charge in [-0.2, -0.15) is 0 Å². The van der Waals surface area contributed by atoms with Gasteiger partial charge in [0, 0.05) is 22.6 Å². The molecule has 0 spiro atoms. The fourth-order valence-corrected chi connectivity index (χ4v) is 3.31. The van der Waals surface area contributed by atoms with Crippen molar-refractivity contribution >= 4 is 31.9 Å². The topological polar surface area (TPSA) is 21.3 Å². The molecule has 0 saturated heterocycles. The van der Waals surface area contributed by atoms with E-state index < -0.39 is 0 Å². The first-order chi connectivity index (χ1) is 8.62.